The molecule has 1 saturated heterocycles. The maximum Gasteiger partial charge on any atom is 0.233 e. The van der Waals surface area contributed by atoms with Crippen LogP contribution in [0.4, 0.5) is 0 Å². The minimum atomic E-state index is -0.274. The predicted octanol–water partition coefficient (Wildman–Crippen LogP) is 2.59. The van der Waals surface area contributed by atoms with Crippen LogP contribution < -0.4 is 5.32 Å². The van der Waals surface area contributed by atoms with Gasteiger partial charge in [0.2, 0.25) is 5.91 Å². The van der Waals surface area contributed by atoms with Gasteiger partial charge in [-0.15, -0.1) is 0 Å². The zero-order valence-electron chi connectivity index (χ0n) is 15.0. The first-order chi connectivity index (χ1) is 13.2. The normalized spacial score (nSPS) is 17.9. The van der Waals surface area contributed by atoms with Crippen LogP contribution in [0.1, 0.15) is 19.8 Å². The number of carbonyl (C=O) groups is 1. The van der Waals surface area contributed by atoms with Gasteiger partial charge in [0.25, 0.3) is 0 Å². The Hall–Kier alpha value is -2.45. The molecule has 3 heterocycles. The second kappa shape index (κ2) is 8.06. The number of fused-ring (bicyclic) bond motifs is 1. The van der Waals surface area contributed by atoms with E-state index in [2.05, 4.69) is 20.4 Å². The third kappa shape index (κ3) is 3.96. The van der Waals surface area contributed by atoms with Gasteiger partial charge in [0.1, 0.15) is 11.4 Å². The van der Waals surface area contributed by atoms with Gasteiger partial charge in [-0.3, -0.25) is 4.79 Å². The predicted molar refractivity (Wildman–Crippen MR) is 104 cm³/mol. The van der Waals surface area contributed by atoms with Crippen molar-refractivity contribution in [2.45, 2.75) is 36.1 Å². The van der Waals surface area contributed by atoms with Gasteiger partial charge in [0, 0.05) is 13.2 Å². The van der Waals surface area contributed by atoms with Gasteiger partial charge in [0.05, 0.1) is 28.6 Å². The molecule has 140 valence electrons. The maximum absolute atomic E-state index is 12.4. The molecule has 2 atom stereocenters. The number of aromatic nitrogens is 4. The zero-order chi connectivity index (χ0) is 18.6. The van der Waals surface area contributed by atoms with Crippen molar-refractivity contribution in [2.24, 2.45) is 0 Å². The summed E-state index contributed by atoms with van der Waals surface area (Å²) in [4.78, 5) is 21.2. The molecule has 27 heavy (non-hydrogen) atoms. The molecule has 1 aliphatic rings. The highest BCUT2D eigenvalue weighted by Gasteiger charge is 2.21. The van der Waals surface area contributed by atoms with Crippen molar-refractivity contribution in [3.05, 3.63) is 42.9 Å². The van der Waals surface area contributed by atoms with Crippen molar-refractivity contribution in [1.29, 1.82) is 0 Å². The van der Waals surface area contributed by atoms with Crippen molar-refractivity contribution in [3.63, 3.8) is 0 Å². The Morgan fingerprint density at radius 2 is 2.22 bits per heavy atom. The molecule has 0 spiro atoms. The average molecular weight is 383 g/mol. The molecular weight excluding hydrogens is 362 g/mol. The van der Waals surface area contributed by atoms with E-state index in [9.17, 15) is 4.79 Å². The number of amides is 1. The first kappa shape index (κ1) is 17.9. The quantitative estimate of drug-likeness (QED) is 0.520. The lowest BCUT2D eigenvalue weighted by Gasteiger charge is -2.14. The van der Waals surface area contributed by atoms with Crippen LogP contribution in [0, 0.1) is 0 Å². The van der Waals surface area contributed by atoms with Gasteiger partial charge >= 0.3 is 0 Å². The van der Waals surface area contributed by atoms with E-state index >= 15 is 0 Å². The van der Waals surface area contributed by atoms with Crippen molar-refractivity contribution in [1.82, 2.24) is 25.1 Å². The molecule has 0 saturated carbocycles. The Bertz CT molecular complexity index is 924. The van der Waals surface area contributed by atoms with Crippen molar-refractivity contribution < 1.29 is 9.53 Å². The van der Waals surface area contributed by atoms with E-state index in [1.54, 1.807) is 10.9 Å². The van der Waals surface area contributed by atoms with Crippen molar-refractivity contribution >= 4 is 28.7 Å². The third-order valence-electron chi connectivity index (χ3n) is 4.52. The van der Waals surface area contributed by atoms with E-state index in [1.165, 1.54) is 18.1 Å². The molecule has 0 radical (unpaired) electrons. The molecule has 0 unspecified atom stereocenters. The minimum Gasteiger partial charge on any atom is -0.376 e. The van der Waals surface area contributed by atoms with Gasteiger partial charge < -0.3 is 10.1 Å². The molecular formula is C19H21N5O2S. The number of rotatable bonds is 6. The Balaban J connectivity index is 1.48. The lowest BCUT2D eigenvalue weighted by molar-refractivity contribution is -0.120. The van der Waals surface area contributed by atoms with Gasteiger partial charge in [-0.05, 0) is 31.9 Å². The number of thioether (sulfide) groups is 1. The van der Waals surface area contributed by atoms with Crippen LogP contribution in [-0.2, 0) is 9.53 Å². The van der Waals surface area contributed by atoms with E-state index < -0.39 is 0 Å². The summed E-state index contributed by atoms with van der Waals surface area (Å²) in [6.07, 6.45) is 5.48. The van der Waals surface area contributed by atoms with Gasteiger partial charge in [-0.25, -0.2) is 14.6 Å². The molecule has 1 fully saturated rings. The van der Waals surface area contributed by atoms with Gasteiger partial charge in [0.15, 0.2) is 5.65 Å². The highest BCUT2D eigenvalue weighted by atomic mass is 32.2. The molecule has 0 bridgehead atoms. The monoisotopic (exact) mass is 383 g/mol. The number of hydrogen-bond donors (Lipinski definition) is 1. The number of hydrogen-bond acceptors (Lipinski definition) is 6. The summed E-state index contributed by atoms with van der Waals surface area (Å²) in [6.45, 7) is 3.23. The number of carbonyl (C=O) groups excluding carboxylic acids is 1. The smallest absolute Gasteiger partial charge is 0.233 e. The minimum absolute atomic E-state index is 0.0160. The molecule has 7 nitrogen and oxygen atoms in total. The largest absolute Gasteiger partial charge is 0.376 e. The van der Waals surface area contributed by atoms with Crippen LogP contribution in [-0.4, -0.2) is 50.2 Å². The topological polar surface area (TPSA) is 81.9 Å². The summed E-state index contributed by atoms with van der Waals surface area (Å²) >= 11 is 1.41. The summed E-state index contributed by atoms with van der Waals surface area (Å²) in [5.74, 6) is -0.0160. The molecule has 4 rings (SSSR count). The third-order valence-corrected chi connectivity index (χ3v) is 5.63. The molecule has 1 N–H and O–H groups in total. The van der Waals surface area contributed by atoms with Crippen LogP contribution in [0.15, 0.2) is 47.9 Å². The van der Waals surface area contributed by atoms with Crippen LogP contribution in [0.2, 0.25) is 0 Å². The number of benzene rings is 1. The standard InChI is InChI=1S/C19H21N5O2S/c1-13(18(25)20-10-15-8-5-9-26-15)27-19-16-11-23-24(17(16)21-12-22-19)14-6-3-2-4-7-14/h2-4,6-7,11-13,15H,5,8-10H2,1H3,(H,20,25)/t13-,15-/m0/s1. The molecule has 1 aliphatic heterocycles. The Kier molecular flexibility index (Phi) is 5.35. The summed E-state index contributed by atoms with van der Waals surface area (Å²) in [5, 5.41) is 8.74. The number of para-hydroxylation sites is 1. The summed E-state index contributed by atoms with van der Waals surface area (Å²) in [6, 6.07) is 9.83. The zero-order valence-corrected chi connectivity index (χ0v) is 15.9. The van der Waals surface area contributed by atoms with Gasteiger partial charge in [-0.1, -0.05) is 30.0 Å². The summed E-state index contributed by atoms with van der Waals surface area (Å²) in [7, 11) is 0. The van der Waals surface area contributed by atoms with E-state index in [-0.39, 0.29) is 17.3 Å². The van der Waals surface area contributed by atoms with Crippen LogP contribution in [0.25, 0.3) is 16.7 Å². The highest BCUT2D eigenvalue weighted by Crippen LogP contribution is 2.28. The second-order valence-corrected chi connectivity index (χ2v) is 7.78. The fraction of sp³-hybridized carbons (Fsp3) is 0.368. The summed E-state index contributed by atoms with van der Waals surface area (Å²) in [5.41, 5.74) is 1.66. The van der Waals surface area contributed by atoms with E-state index in [0.29, 0.717) is 6.54 Å². The molecule has 1 amide bonds. The van der Waals surface area contributed by atoms with Crippen LogP contribution in [0.5, 0.6) is 0 Å². The van der Waals surface area contributed by atoms with Gasteiger partial charge in [-0.2, -0.15) is 5.10 Å². The molecule has 1 aromatic carbocycles. The van der Waals surface area contributed by atoms with Crippen LogP contribution >= 0.6 is 11.8 Å². The Morgan fingerprint density at radius 3 is 3.00 bits per heavy atom. The average Bonchev–Trinajstić information content (AvgIpc) is 3.37. The van der Waals surface area contributed by atoms with Crippen LogP contribution in [0.3, 0.4) is 0 Å². The molecule has 3 aromatic rings. The Labute approximate surface area is 161 Å². The number of ether oxygens (including phenoxy) is 1. The second-order valence-electron chi connectivity index (χ2n) is 6.45. The molecule has 8 heteroatoms. The van der Waals surface area contributed by atoms with E-state index in [4.69, 9.17) is 4.74 Å². The molecule has 0 aliphatic carbocycles. The fourth-order valence-electron chi connectivity index (χ4n) is 3.06. The van der Waals surface area contributed by atoms with Crippen molar-refractivity contribution in [3.8, 4) is 5.69 Å². The lowest BCUT2D eigenvalue weighted by Crippen LogP contribution is -2.36. The van der Waals surface area contributed by atoms with Crippen molar-refractivity contribution in [2.75, 3.05) is 13.2 Å². The number of nitrogens with one attached hydrogen (secondary N) is 1. The summed E-state index contributed by atoms with van der Waals surface area (Å²) < 4.78 is 7.33. The van der Waals surface area contributed by atoms with E-state index in [0.717, 1.165) is 41.2 Å². The first-order valence-electron chi connectivity index (χ1n) is 9.02. The SMILES string of the molecule is C[C@H](Sc1ncnc2c1cnn2-c1ccccc1)C(=O)NC[C@@H]1CCCO1. The lowest BCUT2D eigenvalue weighted by atomic mass is 10.2. The maximum atomic E-state index is 12.4. The fourth-order valence-corrected chi connectivity index (χ4v) is 3.96. The first-order valence-corrected chi connectivity index (χ1v) is 9.90. The molecule has 2 aromatic heterocycles. The van der Waals surface area contributed by atoms with E-state index in [1.807, 2.05) is 37.3 Å². The Morgan fingerprint density at radius 1 is 1.37 bits per heavy atom. The highest BCUT2D eigenvalue weighted by molar-refractivity contribution is 8.00. The number of nitrogens with zero attached hydrogens (tertiary/aromatic N) is 4.